The molecule has 0 rings (SSSR count). The predicted octanol–water partition coefficient (Wildman–Crippen LogP) is 5.62. The third-order valence-corrected chi connectivity index (χ3v) is 2.82. The summed E-state index contributed by atoms with van der Waals surface area (Å²) in [6.45, 7) is 12.6. The SMILES string of the molecule is C\C=C/C=C\C(C)=C(CC)\N=C(C)\C(C)=C\CC. The minimum Gasteiger partial charge on any atom is -0.258 e. The van der Waals surface area contributed by atoms with Gasteiger partial charge in [-0.05, 0) is 51.7 Å². The van der Waals surface area contributed by atoms with Gasteiger partial charge in [0.15, 0.2) is 0 Å². The highest BCUT2D eigenvalue weighted by atomic mass is 14.8. The Morgan fingerprint density at radius 1 is 1.06 bits per heavy atom. The molecular weight excluding hydrogens is 218 g/mol. The van der Waals surface area contributed by atoms with E-state index in [1.807, 2.05) is 19.1 Å². The average molecular weight is 245 g/mol. The molecule has 0 aromatic heterocycles. The summed E-state index contributed by atoms with van der Waals surface area (Å²) < 4.78 is 0. The first kappa shape index (κ1) is 16.6. The van der Waals surface area contributed by atoms with E-state index in [-0.39, 0.29) is 0 Å². The Morgan fingerprint density at radius 2 is 1.72 bits per heavy atom. The molecule has 0 aliphatic carbocycles. The second-order valence-corrected chi connectivity index (χ2v) is 4.36. The fraction of sp³-hybridized carbons (Fsp3) is 0.471. The molecular formula is C17H27N. The summed E-state index contributed by atoms with van der Waals surface area (Å²) >= 11 is 0. The first-order valence-electron chi connectivity index (χ1n) is 6.78. The summed E-state index contributed by atoms with van der Waals surface area (Å²) in [5.41, 5.74) is 4.79. The third kappa shape index (κ3) is 6.39. The van der Waals surface area contributed by atoms with Gasteiger partial charge >= 0.3 is 0 Å². The van der Waals surface area contributed by atoms with Crippen LogP contribution >= 0.6 is 0 Å². The summed E-state index contributed by atoms with van der Waals surface area (Å²) in [7, 11) is 0. The topological polar surface area (TPSA) is 12.4 Å². The van der Waals surface area contributed by atoms with Crippen LogP contribution in [-0.2, 0) is 0 Å². The zero-order chi connectivity index (χ0) is 14.0. The lowest BCUT2D eigenvalue weighted by Crippen LogP contribution is -1.95. The molecule has 0 saturated carbocycles. The van der Waals surface area contributed by atoms with Crippen LogP contribution in [0.25, 0.3) is 0 Å². The molecule has 0 aliphatic heterocycles. The molecule has 0 atom stereocenters. The highest BCUT2D eigenvalue weighted by Gasteiger charge is 1.99. The Hall–Kier alpha value is -1.37. The Morgan fingerprint density at radius 3 is 2.22 bits per heavy atom. The standard InChI is InChI=1S/C17H27N/c1-7-10-11-13-15(5)17(9-3)18-16(6)14(4)12-8-2/h7,10-13H,8-9H2,1-6H3/b10-7-,13-11-,14-12+,17-15+,18-16+. The monoisotopic (exact) mass is 245 g/mol. The summed E-state index contributed by atoms with van der Waals surface area (Å²) in [5.74, 6) is 0. The summed E-state index contributed by atoms with van der Waals surface area (Å²) in [4.78, 5) is 4.74. The number of hydrogen-bond donors (Lipinski definition) is 0. The Balaban J connectivity index is 5.14. The van der Waals surface area contributed by atoms with Gasteiger partial charge in [0.25, 0.3) is 0 Å². The van der Waals surface area contributed by atoms with Crippen molar-refractivity contribution in [3.63, 3.8) is 0 Å². The van der Waals surface area contributed by atoms with E-state index in [9.17, 15) is 0 Å². The van der Waals surface area contributed by atoms with E-state index < -0.39 is 0 Å². The summed E-state index contributed by atoms with van der Waals surface area (Å²) in [6, 6.07) is 0. The Labute approximate surface area is 113 Å². The molecule has 1 nitrogen and oxygen atoms in total. The Kier molecular flexibility index (Phi) is 8.91. The molecule has 0 saturated heterocycles. The molecule has 0 N–H and O–H groups in total. The Bertz CT molecular complexity index is 390. The second-order valence-electron chi connectivity index (χ2n) is 4.36. The smallest absolute Gasteiger partial charge is 0.0433 e. The van der Waals surface area contributed by atoms with Gasteiger partial charge in [0.2, 0.25) is 0 Å². The van der Waals surface area contributed by atoms with Gasteiger partial charge in [0.1, 0.15) is 0 Å². The summed E-state index contributed by atoms with van der Waals surface area (Å²) in [6.07, 6.45) is 12.5. The van der Waals surface area contributed by atoms with Crippen molar-refractivity contribution >= 4 is 5.71 Å². The maximum absolute atomic E-state index is 4.74. The molecule has 0 amide bonds. The van der Waals surface area contributed by atoms with E-state index in [0.29, 0.717) is 0 Å². The first-order chi connectivity index (χ1) is 8.56. The highest BCUT2D eigenvalue weighted by molar-refractivity contribution is 5.98. The predicted molar refractivity (Wildman–Crippen MR) is 84.1 cm³/mol. The lowest BCUT2D eigenvalue weighted by molar-refractivity contribution is 1.04. The number of allylic oxidation sites excluding steroid dienone is 8. The fourth-order valence-electron chi connectivity index (χ4n) is 1.60. The molecule has 100 valence electrons. The molecule has 0 aliphatic rings. The second kappa shape index (κ2) is 9.64. The molecule has 0 heterocycles. The molecule has 1 heteroatoms. The minimum atomic E-state index is 0.961. The van der Waals surface area contributed by atoms with Crippen molar-refractivity contribution in [3.8, 4) is 0 Å². The van der Waals surface area contributed by atoms with Gasteiger partial charge in [-0.15, -0.1) is 0 Å². The van der Waals surface area contributed by atoms with Gasteiger partial charge < -0.3 is 0 Å². The van der Waals surface area contributed by atoms with Gasteiger partial charge in [0.05, 0.1) is 0 Å². The average Bonchev–Trinajstić information content (AvgIpc) is 2.35. The van der Waals surface area contributed by atoms with Crippen LogP contribution in [0.3, 0.4) is 0 Å². The minimum absolute atomic E-state index is 0.961. The van der Waals surface area contributed by atoms with Crippen molar-refractivity contribution in [2.24, 2.45) is 4.99 Å². The molecule has 0 unspecified atom stereocenters. The van der Waals surface area contributed by atoms with Crippen LogP contribution in [0, 0.1) is 0 Å². The number of nitrogens with zero attached hydrogens (tertiary/aromatic N) is 1. The highest BCUT2D eigenvalue weighted by Crippen LogP contribution is 2.14. The first-order valence-corrected chi connectivity index (χ1v) is 6.78. The van der Waals surface area contributed by atoms with E-state index in [1.165, 1.54) is 11.1 Å². The van der Waals surface area contributed by atoms with Gasteiger partial charge in [-0.25, -0.2) is 0 Å². The molecule has 18 heavy (non-hydrogen) atoms. The molecule has 0 aromatic carbocycles. The zero-order valence-corrected chi connectivity index (χ0v) is 12.7. The maximum Gasteiger partial charge on any atom is 0.0433 e. The lowest BCUT2D eigenvalue weighted by atomic mass is 10.1. The van der Waals surface area contributed by atoms with Gasteiger partial charge in [-0.3, -0.25) is 4.99 Å². The van der Waals surface area contributed by atoms with Crippen LogP contribution in [0.1, 0.15) is 54.4 Å². The van der Waals surface area contributed by atoms with Crippen molar-refractivity contribution in [1.29, 1.82) is 0 Å². The van der Waals surface area contributed by atoms with Gasteiger partial charge in [-0.1, -0.05) is 44.2 Å². The normalized spacial score (nSPS) is 15.7. The van der Waals surface area contributed by atoms with Crippen molar-refractivity contribution in [1.82, 2.24) is 0 Å². The lowest BCUT2D eigenvalue weighted by Gasteiger charge is -2.05. The number of rotatable bonds is 6. The maximum atomic E-state index is 4.74. The largest absolute Gasteiger partial charge is 0.258 e. The van der Waals surface area contributed by atoms with Crippen LogP contribution in [0.4, 0.5) is 0 Å². The van der Waals surface area contributed by atoms with Crippen LogP contribution in [0.2, 0.25) is 0 Å². The van der Waals surface area contributed by atoms with E-state index in [4.69, 9.17) is 4.99 Å². The van der Waals surface area contributed by atoms with Gasteiger partial charge in [-0.2, -0.15) is 0 Å². The van der Waals surface area contributed by atoms with E-state index in [1.54, 1.807) is 0 Å². The van der Waals surface area contributed by atoms with Crippen molar-refractivity contribution in [3.05, 3.63) is 47.2 Å². The molecule has 0 spiro atoms. The van der Waals surface area contributed by atoms with Crippen LogP contribution in [-0.4, -0.2) is 5.71 Å². The van der Waals surface area contributed by atoms with Crippen LogP contribution in [0.15, 0.2) is 52.2 Å². The van der Waals surface area contributed by atoms with Crippen molar-refractivity contribution in [2.75, 3.05) is 0 Å². The van der Waals surface area contributed by atoms with E-state index in [0.717, 1.165) is 24.3 Å². The number of hydrogen-bond acceptors (Lipinski definition) is 1. The van der Waals surface area contributed by atoms with Crippen molar-refractivity contribution < 1.29 is 0 Å². The molecule has 0 aromatic rings. The van der Waals surface area contributed by atoms with E-state index in [2.05, 4.69) is 52.8 Å². The quantitative estimate of drug-likeness (QED) is 0.425. The summed E-state index contributed by atoms with van der Waals surface area (Å²) in [5, 5.41) is 0. The molecule has 0 bridgehead atoms. The third-order valence-electron chi connectivity index (χ3n) is 2.82. The van der Waals surface area contributed by atoms with Crippen molar-refractivity contribution in [2.45, 2.75) is 54.4 Å². The fourth-order valence-corrected chi connectivity index (χ4v) is 1.60. The molecule has 0 radical (unpaired) electrons. The van der Waals surface area contributed by atoms with Crippen LogP contribution in [0.5, 0.6) is 0 Å². The van der Waals surface area contributed by atoms with E-state index >= 15 is 0 Å². The zero-order valence-electron chi connectivity index (χ0n) is 12.7. The number of aliphatic imine (C=N–C) groups is 1. The van der Waals surface area contributed by atoms with Crippen LogP contribution < -0.4 is 0 Å². The molecule has 0 fully saturated rings. The van der Waals surface area contributed by atoms with Gasteiger partial charge in [0, 0.05) is 11.4 Å².